The molecule has 0 aromatic rings. The first-order chi connectivity index (χ1) is 3.55. The van der Waals surface area contributed by atoms with Gasteiger partial charge in [0, 0.05) is 5.92 Å². The Morgan fingerprint density at radius 1 is 1.33 bits per heavy atom. The summed E-state index contributed by atoms with van der Waals surface area (Å²) in [5.74, 6) is 0.169. The molecule has 0 aromatic heterocycles. The quantitative estimate of drug-likeness (QED) is 0.633. The zero-order valence-electron chi connectivity index (χ0n) is 6.05. The van der Waals surface area contributed by atoms with E-state index in [9.17, 15) is 4.79 Å². The number of carbonyl (C=O) groups is 1. The predicted molar refractivity (Wildman–Crippen MR) is 40.4 cm³/mol. The van der Waals surface area contributed by atoms with Crippen molar-refractivity contribution in [3.05, 3.63) is 0 Å². The molecule has 2 nitrogen and oxygen atoms in total. The van der Waals surface area contributed by atoms with Crippen LogP contribution in [0, 0.1) is 11.8 Å². The highest BCUT2D eigenvalue weighted by Gasteiger charge is 2.11. The number of hydrogen-bond acceptors (Lipinski definition) is 1. The summed E-state index contributed by atoms with van der Waals surface area (Å²) in [6.07, 6.45) is 0. The molecule has 0 fully saturated rings. The summed E-state index contributed by atoms with van der Waals surface area (Å²) in [5, 5.41) is 0. The van der Waals surface area contributed by atoms with E-state index in [0.29, 0.717) is 5.92 Å². The molecule has 0 heterocycles. The van der Waals surface area contributed by atoms with Gasteiger partial charge in [0.2, 0.25) is 5.91 Å². The molecule has 0 saturated carbocycles. The summed E-state index contributed by atoms with van der Waals surface area (Å²) in [6.45, 7) is 5.80. The first-order valence-electron chi connectivity index (χ1n) is 2.85. The zero-order chi connectivity index (χ0) is 6.73. The molecule has 1 unspecified atom stereocenters. The highest BCUT2D eigenvalue weighted by atomic mass is 35.5. The van der Waals surface area contributed by atoms with Gasteiger partial charge in [-0.3, -0.25) is 4.79 Å². The Morgan fingerprint density at radius 2 is 1.67 bits per heavy atom. The van der Waals surface area contributed by atoms with E-state index in [4.69, 9.17) is 5.73 Å². The average Bonchev–Trinajstić information content (AvgIpc) is 1.64. The Morgan fingerprint density at radius 3 is 1.67 bits per heavy atom. The molecule has 9 heavy (non-hydrogen) atoms. The number of halogens is 1. The SMILES string of the molecule is CC(C)C(C)C(N)=O.Cl. The van der Waals surface area contributed by atoms with Gasteiger partial charge in [0.15, 0.2) is 0 Å². The second-order valence-corrected chi connectivity index (χ2v) is 2.44. The number of rotatable bonds is 2. The van der Waals surface area contributed by atoms with Crippen LogP contribution in [0.1, 0.15) is 20.8 Å². The van der Waals surface area contributed by atoms with Crippen molar-refractivity contribution >= 4 is 18.3 Å². The van der Waals surface area contributed by atoms with Crippen LogP contribution in [-0.2, 0) is 4.79 Å². The minimum Gasteiger partial charge on any atom is -0.369 e. The highest BCUT2D eigenvalue weighted by molar-refractivity contribution is 5.85. The van der Waals surface area contributed by atoms with Crippen molar-refractivity contribution in [1.82, 2.24) is 0 Å². The molecule has 3 heteroatoms. The van der Waals surface area contributed by atoms with E-state index in [-0.39, 0.29) is 24.2 Å². The predicted octanol–water partition coefficient (Wildman–Crippen LogP) is 1.19. The van der Waals surface area contributed by atoms with Crippen molar-refractivity contribution in [2.75, 3.05) is 0 Å². The van der Waals surface area contributed by atoms with Gasteiger partial charge in [-0.25, -0.2) is 0 Å². The lowest BCUT2D eigenvalue weighted by molar-refractivity contribution is -0.122. The number of amides is 1. The van der Waals surface area contributed by atoms with Crippen molar-refractivity contribution in [3.63, 3.8) is 0 Å². The third-order valence-electron chi connectivity index (χ3n) is 1.45. The maximum absolute atomic E-state index is 10.4. The number of primary amides is 1. The van der Waals surface area contributed by atoms with E-state index in [0.717, 1.165) is 0 Å². The Labute approximate surface area is 62.2 Å². The molecule has 0 radical (unpaired) electrons. The molecule has 0 bridgehead atoms. The molecule has 0 spiro atoms. The van der Waals surface area contributed by atoms with Crippen LogP contribution in [0.15, 0.2) is 0 Å². The van der Waals surface area contributed by atoms with Gasteiger partial charge in [0.05, 0.1) is 0 Å². The molecule has 1 atom stereocenters. The Hall–Kier alpha value is -0.240. The second kappa shape index (κ2) is 4.62. The Balaban J connectivity index is 0. The first kappa shape index (κ1) is 11.5. The summed E-state index contributed by atoms with van der Waals surface area (Å²) in [7, 11) is 0. The fraction of sp³-hybridized carbons (Fsp3) is 0.833. The van der Waals surface area contributed by atoms with E-state index >= 15 is 0 Å². The minimum absolute atomic E-state index is 0. The van der Waals surface area contributed by atoms with Crippen LogP contribution in [0.3, 0.4) is 0 Å². The van der Waals surface area contributed by atoms with Gasteiger partial charge < -0.3 is 5.73 Å². The summed E-state index contributed by atoms with van der Waals surface area (Å²) in [6, 6.07) is 0. The van der Waals surface area contributed by atoms with Crippen LogP contribution in [-0.4, -0.2) is 5.91 Å². The first-order valence-corrected chi connectivity index (χ1v) is 2.85. The van der Waals surface area contributed by atoms with Crippen LogP contribution in [0.25, 0.3) is 0 Å². The average molecular weight is 152 g/mol. The zero-order valence-corrected chi connectivity index (χ0v) is 6.87. The lowest BCUT2D eigenvalue weighted by atomic mass is 9.98. The molecule has 0 aliphatic heterocycles. The number of carbonyl (C=O) groups excluding carboxylic acids is 1. The van der Waals surface area contributed by atoms with Gasteiger partial charge in [0.25, 0.3) is 0 Å². The summed E-state index contributed by atoms with van der Waals surface area (Å²) in [5.41, 5.74) is 5.00. The van der Waals surface area contributed by atoms with Gasteiger partial charge in [-0.05, 0) is 5.92 Å². The summed E-state index contributed by atoms with van der Waals surface area (Å²) in [4.78, 5) is 10.4. The normalized spacial score (nSPS) is 12.4. The highest BCUT2D eigenvalue weighted by Crippen LogP contribution is 2.06. The molecule has 0 aliphatic rings. The molecule has 1 amide bonds. The van der Waals surface area contributed by atoms with Crippen LogP contribution in [0.2, 0.25) is 0 Å². The topological polar surface area (TPSA) is 43.1 Å². The third-order valence-corrected chi connectivity index (χ3v) is 1.45. The number of nitrogens with two attached hydrogens (primary N) is 1. The smallest absolute Gasteiger partial charge is 0.220 e. The van der Waals surface area contributed by atoms with E-state index in [1.807, 2.05) is 20.8 Å². The van der Waals surface area contributed by atoms with Crippen molar-refractivity contribution in [2.45, 2.75) is 20.8 Å². The van der Waals surface area contributed by atoms with Gasteiger partial charge in [-0.15, -0.1) is 12.4 Å². The molecule has 2 N–H and O–H groups in total. The molecule has 0 aliphatic carbocycles. The molecule has 0 aromatic carbocycles. The van der Waals surface area contributed by atoms with Crippen LogP contribution < -0.4 is 5.73 Å². The lowest BCUT2D eigenvalue weighted by Gasteiger charge is -2.09. The molecule has 56 valence electrons. The van der Waals surface area contributed by atoms with Crippen molar-refractivity contribution in [3.8, 4) is 0 Å². The molecular formula is C6H14ClNO. The molecule has 0 saturated heterocycles. The fourth-order valence-electron chi connectivity index (χ4n) is 0.329. The van der Waals surface area contributed by atoms with E-state index < -0.39 is 0 Å². The molecule has 0 rings (SSSR count). The van der Waals surface area contributed by atoms with Gasteiger partial charge in [0.1, 0.15) is 0 Å². The monoisotopic (exact) mass is 151 g/mol. The van der Waals surface area contributed by atoms with E-state index in [1.165, 1.54) is 0 Å². The maximum Gasteiger partial charge on any atom is 0.220 e. The second-order valence-electron chi connectivity index (χ2n) is 2.44. The van der Waals surface area contributed by atoms with Crippen molar-refractivity contribution in [2.24, 2.45) is 17.6 Å². The Bertz CT molecular complexity index is 93.1. The van der Waals surface area contributed by atoms with Crippen molar-refractivity contribution in [1.29, 1.82) is 0 Å². The largest absolute Gasteiger partial charge is 0.369 e. The van der Waals surface area contributed by atoms with Gasteiger partial charge >= 0.3 is 0 Å². The number of hydrogen-bond donors (Lipinski definition) is 1. The standard InChI is InChI=1S/C6H13NO.ClH/c1-4(2)5(3)6(7)8;/h4-5H,1-3H3,(H2,7,8);1H. The van der Waals surface area contributed by atoms with Gasteiger partial charge in [-0.1, -0.05) is 20.8 Å². The van der Waals surface area contributed by atoms with Gasteiger partial charge in [-0.2, -0.15) is 0 Å². The lowest BCUT2D eigenvalue weighted by Crippen LogP contribution is -2.24. The molecular weight excluding hydrogens is 138 g/mol. The van der Waals surface area contributed by atoms with Crippen LogP contribution in [0.4, 0.5) is 0 Å². The summed E-state index contributed by atoms with van der Waals surface area (Å²) < 4.78 is 0. The van der Waals surface area contributed by atoms with Crippen molar-refractivity contribution < 1.29 is 4.79 Å². The maximum atomic E-state index is 10.4. The summed E-state index contributed by atoms with van der Waals surface area (Å²) >= 11 is 0. The third kappa shape index (κ3) is 4.28. The van der Waals surface area contributed by atoms with E-state index in [2.05, 4.69) is 0 Å². The van der Waals surface area contributed by atoms with Crippen LogP contribution >= 0.6 is 12.4 Å². The van der Waals surface area contributed by atoms with Crippen LogP contribution in [0.5, 0.6) is 0 Å². The fourth-order valence-corrected chi connectivity index (χ4v) is 0.329. The Kier molecular flexibility index (Phi) is 5.93. The minimum atomic E-state index is -0.208. The van der Waals surface area contributed by atoms with E-state index in [1.54, 1.807) is 0 Å².